The minimum Gasteiger partial charge on any atom is -0.490 e. The van der Waals surface area contributed by atoms with Gasteiger partial charge in [-0.1, -0.05) is 17.7 Å². The van der Waals surface area contributed by atoms with Gasteiger partial charge in [-0.2, -0.15) is 0 Å². The van der Waals surface area contributed by atoms with Gasteiger partial charge in [0, 0.05) is 19.2 Å². The Bertz CT molecular complexity index is 626. The van der Waals surface area contributed by atoms with Crippen molar-refractivity contribution in [1.82, 2.24) is 4.98 Å². The quantitative estimate of drug-likeness (QED) is 0.876. The third-order valence-corrected chi connectivity index (χ3v) is 3.68. The number of nitrogens with zero attached hydrogens (tertiary/aromatic N) is 1. The van der Waals surface area contributed by atoms with Crippen molar-refractivity contribution in [3.63, 3.8) is 0 Å². The fraction of sp³-hybridized carbons (Fsp3) is 0.312. The minimum absolute atomic E-state index is 0.490. The lowest BCUT2D eigenvalue weighted by molar-refractivity contribution is 0.297. The first-order valence-electron chi connectivity index (χ1n) is 6.97. The second-order valence-corrected chi connectivity index (χ2v) is 5.34. The Balaban J connectivity index is 1.75. The molecule has 0 saturated heterocycles. The predicted molar refractivity (Wildman–Crippen MR) is 83.4 cm³/mol. The number of aryl methyl sites for hydroxylation is 1. The highest BCUT2D eigenvalue weighted by molar-refractivity contribution is 6.32. The summed E-state index contributed by atoms with van der Waals surface area (Å²) in [5.41, 5.74) is 3.05. The van der Waals surface area contributed by atoms with E-state index < -0.39 is 0 Å². The zero-order chi connectivity index (χ0) is 14.7. The Labute approximate surface area is 129 Å². The van der Waals surface area contributed by atoms with Gasteiger partial charge in [0.2, 0.25) is 0 Å². The standard InChI is InChI=1S/C16H17ClN2O2/c1-11-5-6-18-16(17)15(11)19-10-12-3-4-13-14(9-12)21-8-2-7-20-13/h3-6,9,19H,2,7-8,10H2,1H3. The Morgan fingerprint density at radius 3 is 2.81 bits per heavy atom. The predicted octanol–water partition coefficient (Wildman–Crippen LogP) is 3.82. The van der Waals surface area contributed by atoms with Crippen LogP contribution in [0, 0.1) is 6.92 Å². The summed E-state index contributed by atoms with van der Waals surface area (Å²) in [6.07, 6.45) is 2.61. The molecule has 110 valence electrons. The van der Waals surface area contributed by atoms with Gasteiger partial charge in [0.05, 0.1) is 18.9 Å². The van der Waals surface area contributed by atoms with Crippen LogP contribution in [-0.2, 0) is 6.54 Å². The minimum atomic E-state index is 0.490. The maximum Gasteiger partial charge on any atom is 0.161 e. The van der Waals surface area contributed by atoms with E-state index in [1.54, 1.807) is 6.20 Å². The molecule has 0 atom stereocenters. The largest absolute Gasteiger partial charge is 0.490 e. The van der Waals surface area contributed by atoms with Gasteiger partial charge >= 0.3 is 0 Å². The number of nitrogens with one attached hydrogen (secondary N) is 1. The number of pyridine rings is 1. The normalized spacial score (nSPS) is 13.6. The number of halogens is 1. The number of rotatable bonds is 3. The molecule has 0 saturated carbocycles. The van der Waals surface area contributed by atoms with E-state index in [1.807, 2.05) is 31.2 Å². The van der Waals surface area contributed by atoms with E-state index in [1.165, 1.54) is 0 Å². The zero-order valence-electron chi connectivity index (χ0n) is 11.9. The molecule has 1 N–H and O–H groups in total. The number of fused-ring (bicyclic) bond motifs is 1. The van der Waals surface area contributed by atoms with E-state index in [0.717, 1.165) is 34.7 Å². The Hall–Kier alpha value is -1.94. The van der Waals surface area contributed by atoms with Gasteiger partial charge in [0.25, 0.3) is 0 Å². The fourth-order valence-electron chi connectivity index (χ4n) is 2.25. The lowest BCUT2D eigenvalue weighted by Gasteiger charge is -2.12. The second kappa shape index (κ2) is 6.22. The SMILES string of the molecule is Cc1ccnc(Cl)c1NCc1ccc2c(c1)OCCCO2. The summed E-state index contributed by atoms with van der Waals surface area (Å²) in [6.45, 7) is 4.05. The summed E-state index contributed by atoms with van der Waals surface area (Å²) in [6, 6.07) is 7.92. The van der Waals surface area contributed by atoms with Crippen molar-refractivity contribution in [1.29, 1.82) is 0 Å². The zero-order valence-corrected chi connectivity index (χ0v) is 12.6. The Kier molecular flexibility index (Phi) is 4.15. The van der Waals surface area contributed by atoms with E-state index in [4.69, 9.17) is 21.1 Å². The summed E-state index contributed by atoms with van der Waals surface area (Å²) in [5.74, 6) is 1.62. The average molecular weight is 305 g/mol. The molecular weight excluding hydrogens is 288 g/mol. The molecular formula is C16H17ClN2O2. The van der Waals surface area contributed by atoms with Gasteiger partial charge in [0.1, 0.15) is 0 Å². The van der Waals surface area contributed by atoms with Crippen molar-refractivity contribution in [2.45, 2.75) is 19.9 Å². The lowest BCUT2D eigenvalue weighted by atomic mass is 10.2. The van der Waals surface area contributed by atoms with Crippen LogP contribution in [0.5, 0.6) is 11.5 Å². The van der Waals surface area contributed by atoms with Crippen LogP contribution < -0.4 is 14.8 Å². The van der Waals surface area contributed by atoms with Gasteiger partial charge in [-0.25, -0.2) is 4.98 Å². The molecule has 0 radical (unpaired) electrons. The molecule has 1 aromatic heterocycles. The third kappa shape index (κ3) is 3.22. The molecule has 0 fully saturated rings. The van der Waals surface area contributed by atoms with Crippen molar-refractivity contribution < 1.29 is 9.47 Å². The van der Waals surface area contributed by atoms with E-state index >= 15 is 0 Å². The van der Waals surface area contributed by atoms with Gasteiger partial charge in [-0.05, 0) is 36.2 Å². The van der Waals surface area contributed by atoms with Crippen LogP contribution in [0.25, 0.3) is 0 Å². The van der Waals surface area contributed by atoms with E-state index in [9.17, 15) is 0 Å². The first-order valence-corrected chi connectivity index (χ1v) is 7.35. The van der Waals surface area contributed by atoms with Crippen LogP contribution >= 0.6 is 11.6 Å². The molecule has 0 spiro atoms. The van der Waals surface area contributed by atoms with Gasteiger partial charge in [-0.15, -0.1) is 0 Å². The summed E-state index contributed by atoms with van der Waals surface area (Å²) < 4.78 is 11.3. The number of anilines is 1. The molecule has 3 rings (SSSR count). The van der Waals surface area contributed by atoms with Crippen LogP contribution in [0.2, 0.25) is 5.15 Å². The maximum absolute atomic E-state index is 6.11. The summed E-state index contributed by atoms with van der Waals surface area (Å²) in [5, 5.41) is 3.82. The fourth-order valence-corrected chi connectivity index (χ4v) is 2.52. The van der Waals surface area contributed by atoms with Crippen molar-refractivity contribution >= 4 is 17.3 Å². The number of hydrogen-bond acceptors (Lipinski definition) is 4. The van der Waals surface area contributed by atoms with Crippen LogP contribution in [0.3, 0.4) is 0 Å². The van der Waals surface area contributed by atoms with Gasteiger partial charge in [0.15, 0.2) is 16.7 Å². The molecule has 0 amide bonds. The first kappa shape index (κ1) is 14.0. The lowest BCUT2D eigenvalue weighted by Crippen LogP contribution is -2.03. The van der Waals surface area contributed by atoms with E-state index in [0.29, 0.717) is 24.9 Å². The van der Waals surface area contributed by atoms with Crippen LogP contribution in [0.4, 0.5) is 5.69 Å². The third-order valence-electron chi connectivity index (χ3n) is 3.39. The number of aromatic nitrogens is 1. The molecule has 1 aliphatic rings. The number of ether oxygens (including phenoxy) is 2. The molecule has 2 aromatic rings. The first-order chi connectivity index (χ1) is 10.2. The van der Waals surface area contributed by atoms with Gasteiger partial charge in [-0.3, -0.25) is 0 Å². The highest BCUT2D eigenvalue weighted by Gasteiger charge is 2.11. The van der Waals surface area contributed by atoms with E-state index in [-0.39, 0.29) is 0 Å². The summed E-state index contributed by atoms with van der Waals surface area (Å²) in [4.78, 5) is 4.09. The Morgan fingerprint density at radius 2 is 2.00 bits per heavy atom. The molecule has 1 aromatic carbocycles. The van der Waals surface area contributed by atoms with Crippen LogP contribution in [0.15, 0.2) is 30.5 Å². The highest BCUT2D eigenvalue weighted by atomic mass is 35.5. The molecule has 5 heteroatoms. The van der Waals surface area contributed by atoms with Crippen LogP contribution in [0.1, 0.15) is 17.5 Å². The second-order valence-electron chi connectivity index (χ2n) is 4.98. The van der Waals surface area contributed by atoms with Crippen molar-refractivity contribution in [2.75, 3.05) is 18.5 Å². The van der Waals surface area contributed by atoms with Crippen molar-refractivity contribution in [3.05, 3.63) is 46.7 Å². The molecule has 0 bridgehead atoms. The summed E-state index contributed by atoms with van der Waals surface area (Å²) in [7, 11) is 0. The number of benzene rings is 1. The maximum atomic E-state index is 6.11. The average Bonchev–Trinajstić information content (AvgIpc) is 2.71. The molecule has 0 unspecified atom stereocenters. The Morgan fingerprint density at radius 1 is 1.19 bits per heavy atom. The topological polar surface area (TPSA) is 43.4 Å². The molecule has 4 nitrogen and oxygen atoms in total. The molecule has 0 aliphatic carbocycles. The summed E-state index contributed by atoms with van der Waals surface area (Å²) >= 11 is 6.11. The smallest absolute Gasteiger partial charge is 0.161 e. The molecule has 2 heterocycles. The van der Waals surface area contributed by atoms with Crippen LogP contribution in [-0.4, -0.2) is 18.2 Å². The molecule has 1 aliphatic heterocycles. The number of hydrogen-bond donors (Lipinski definition) is 1. The van der Waals surface area contributed by atoms with Gasteiger partial charge < -0.3 is 14.8 Å². The van der Waals surface area contributed by atoms with Crippen molar-refractivity contribution in [3.8, 4) is 11.5 Å². The monoisotopic (exact) mass is 304 g/mol. The highest BCUT2D eigenvalue weighted by Crippen LogP contribution is 2.31. The van der Waals surface area contributed by atoms with Crippen molar-refractivity contribution in [2.24, 2.45) is 0 Å². The van der Waals surface area contributed by atoms with E-state index in [2.05, 4.69) is 10.3 Å². The molecule has 21 heavy (non-hydrogen) atoms.